The van der Waals surface area contributed by atoms with Gasteiger partial charge in [0, 0.05) is 22.6 Å². The third kappa shape index (κ3) is 3.62. The van der Waals surface area contributed by atoms with E-state index in [0.717, 1.165) is 15.6 Å². The molecular weight excluding hydrogens is 308 g/mol. The molecule has 0 spiro atoms. The molecule has 2 N–H and O–H groups in total. The smallest absolute Gasteiger partial charge is 0.269 e. The van der Waals surface area contributed by atoms with Gasteiger partial charge in [0.25, 0.3) is 5.69 Å². The van der Waals surface area contributed by atoms with Gasteiger partial charge in [0.2, 0.25) is 0 Å². The number of nitro groups is 1. The highest BCUT2D eigenvalue weighted by Crippen LogP contribution is 2.20. The van der Waals surface area contributed by atoms with E-state index < -0.39 is 4.92 Å². The maximum atomic E-state index is 10.6. The molecule has 0 aliphatic heterocycles. The Morgan fingerprint density at radius 3 is 2.21 bits per heavy atom. The minimum atomic E-state index is -0.404. The number of halogens is 1. The summed E-state index contributed by atoms with van der Waals surface area (Å²) < 4.78 is 1.01. The van der Waals surface area contributed by atoms with E-state index in [1.807, 2.05) is 24.3 Å². The molecule has 0 fully saturated rings. The van der Waals surface area contributed by atoms with Crippen molar-refractivity contribution in [3.05, 3.63) is 74.2 Å². The van der Waals surface area contributed by atoms with Crippen molar-refractivity contribution in [2.45, 2.75) is 12.5 Å². The lowest BCUT2D eigenvalue weighted by Gasteiger charge is -2.12. The molecule has 5 heteroatoms. The molecule has 0 aliphatic carbocycles. The largest absolute Gasteiger partial charge is 0.324 e. The van der Waals surface area contributed by atoms with Crippen LogP contribution in [0.15, 0.2) is 53.0 Å². The van der Waals surface area contributed by atoms with Crippen molar-refractivity contribution in [3.63, 3.8) is 0 Å². The second-order valence-corrected chi connectivity index (χ2v) is 5.20. The van der Waals surface area contributed by atoms with Crippen molar-refractivity contribution in [2.24, 2.45) is 5.73 Å². The van der Waals surface area contributed by atoms with Crippen LogP contribution in [-0.4, -0.2) is 4.92 Å². The third-order valence-electron chi connectivity index (χ3n) is 2.90. The first-order chi connectivity index (χ1) is 9.06. The van der Waals surface area contributed by atoms with Crippen molar-refractivity contribution in [2.75, 3.05) is 0 Å². The molecule has 2 rings (SSSR count). The van der Waals surface area contributed by atoms with Gasteiger partial charge in [-0.1, -0.05) is 40.2 Å². The van der Waals surface area contributed by atoms with Gasteiger partial charge in [0.15, 0.2) is 0 Å². The van der Waals surface area contributed by atoms with Crippen LogP contribution in [0.5, 0.6) is 0 Å². The number of nitrogens with two attached hydrogens (primary N) is 1. The summed E-state index contributed by atoms with van der Waals surface area (Å²) in [7, 11) is 0. The zero-order chi connectivity index (χ0) is 13.8. The molecule has 19 heavy (non-hydrogen) atoms. The zero-order valence-electron chi connectivity index (χ0n) is 10.1. The maximum absolute atomic E-state index is 10.6. The average Bonchev–Trinajstić information content (AvgIpc) is 2.40. The molecule has 0 aromatic heterocycles. The Balaban J connectivity index is 2.08. The van der Waals surface area contributed by atoms with Crippen LogP contribution in [0.25, 0.3) is 0 Å². The molecule has 1 unspecified atom stereocenters. The Hall–Kier alpha value is -1.72. The van der Waals surface area contributed by atoms with Gasteiger partial charge >= 0.3 is 0 Å². The average molecular weight is 321 g/mol. The van der Waals surface area contributed by atoms with Crippen molar-refractivity contribution >= 4 is 21.6 Å². The van der Waals surface area contributed by atoms with Gasteiger partial charge in [-0.05, 0) is 29.7 Å². The van der Waals surface area contributed by atoms with Gasteiger partial charge in [0.1, 0.15) is 0 Å². The molecule has 2 aromatic carbocycles. The van der Waals surface area contributed by atoms with E-state index >= 15 is 0 Å². The van der Waals surface area contributed by atoms with Crippen molar-refractivity contribution in [3.8, 4) is 0 Å². The minimum absolute atomic E-state index is 0.0981. The number of nitrogens with zero attached hydrogens (tertiary/aromatic N) is 1. The highest BCUT2D eigenvalue weighted by atomic mass is 79.9. The summed E-state index contributed by atoms with van der Waals surface area (Å²) in [5.74, 6) is 0. The fraction of sp³-hybridized carbons (Fsp3) is 0.143. The lowest BCUT2D eigenvalue weighted by atomic mass is 10.00. The molecule has 0 radical (unpaired) electrons. The molecule has 0 heterocycles. The van der Waals surface area contributed by atoms with Gasteiger partial charge in [-0.25, -0.2) is 0 Å². The van der Waals surface area contributed by atoms with E-state index in [4.69, 9.17) is 5.73 Å². The number of benzene rings is 2. The van der Waals surface area contributed by atoms with Gasteiger partial charge in [-0.15, -0.1) is 0 Å². The molecule has 1 atom stereocenters. The number of hydrogen-bond acceptors (Lipinski definition) is 3. The fourth-order valence-electron chi connectivity index (χ4n) is 1.84. The Morgan fingerprint density at radius 2 is 1.68 bits per heavy atom. The summed E-state index contributed by atoms with van der Waals surface area (Å²) in [4.78, 5) is 10.2. The molecule has 0 bridgehead atoms. The Kier molecular flexibility index (Phi) is 4.29. The second kappa shape index (κ2) is 5.95. The van der Waals surface area contributed by atoms with Gasteiger partial charge in [0.05, 0.1) is 4.92 Å². The summed E-state index contributed by atoms with van der Waals surface area (Å²) in [6.07, 6.45) is 0.652. The Morgan fingerprint density at radius 1 is 1.11 bits per heavy atom. The Labute approximate surface area is 119 Å². The van der Waals surface area contributed by atoms with E-state index in [1.165, 1.54) is 12.1 Å². The van der Waals surface area contributed by atoms with Crippen LogP contribution in [-0.2, 0) is 6.42 Å². The molecule has 0 saturated heterocycles. The second-order valence-electron chi connectivity index (χ2n) is 4.29. The molecular formula is C14H13BrN2O2. The SMILES string of the molecule is NC(Cc1ccc([N+](=O)[O-])cc1)c1ccc(Br)cc1. The van der Waals surface area contributed by atoms with E-state index in [1.54, 1.807) is 12.1 Å². The fourth-order valence-corrected chi connectivity index (χ4v) is 2.10. The zero-order valence-corrected chi connectivity index (χ0v) is 11.7. The van der Waals surface area contributed by atoms with Crippen molar-refractivity contribution < 1.29 is 4.92 Å². The van der Waals surface area contributed by atoms with Crippen LogP contribution < -0.4 is 5.73 Å². The lowest BCUT2D eigenvalue weighted by Crippen LogP contribution is -2.13. The monoisotopic (exact) mass is 320 g/mol. The number of hydrogen-bond donors (Lipinski definition) is 1. The molecule has 98 valence electrons. The topological polar surface area (TPSA) is 69.2 Å². The third-order valence-corrected chi connectivity index (χ3v) is 3.43. The predicted molar refractivity (Wildman–Crippen MR) is 77.9 cm³/mol. The molecule has 0 aliphatic rings. The maximum Gasteiger partial charge on any atom is 0.269 e. The standard InChI is InChI=1S/C14H13BrN2O2/c15-12-5-3-11(4-6-12)14(16)9-10-1-7-13(8-2-10)17(18)19/h1-8,14H,9,16H2. The van der Waals surface area contributed by atoms with E-state index in [-0.39, 0.29) is 11.7 Å². The van der Waals surface area contributed by atoms with Crippen LogP contribution in [0, 0.1) is 10.1 Å². The summed E-state index contributed by atoms with van der Waals surface area (Å²) in [5, 5.41) is 10.6. The van der Waals surface area contributed by atoms with E-state index in [2.05, 4.69) is 15.9 Å². The first-order valence-electron chi connectivity index (χ1n) is 5.80. The molecule has 0 saturated carbocycles. The predicted octanol–water partition coefficient (Wildman–Crippen LogP) is 3.60. The van der Waals surface area contributed by atoms with Crippen molar-refractivity contribution in [1.29, 1.82) is 0 Å². The van der Waals surface area contributed by atoms with Crippen LogP contribution in [0.2, 0.25) is 0 Å². The normalized spacial score (nSPS) is 12.1. The van der Waals surface area contributed by atoms with Crippen LogP contribution in [0.4, 0.5) is 5.69 Å². The first-order valence-corrected chi connectivity index (χ1v) is 6.60. The van der Waals surface area contributed by atoms with Crippen LogP contribution >= 0.6 is 15.9 Å². The summed E-state index contributed by atoms with van der Waals surface area (Å²) in [6.45, 7) is 0. The number of rotatable bonds is 4. The number of nitro benzene ring substituents is 1. The van der Waals surface area contributed by atoms with Crippen LogP contribution in [0.3, 0.4) is 0 Å². The minimum Gasteiger partial charge on any atom is -0.324 e. The summed E-state index contributed by atoms with van der Waals surface area (Å²) in [5.41, 5.74) is 8.25. The van der Waals surface area contributed by atoms with Gasteiger partial charge in [-0.2, -0.15) is 0 Å². The van der Waals surface area contributed by atoms with Crippen molar-refractivity contribution in [1.82, 2.24) is 0 Å². The molecule has 0 amide bonds. The highest BCUT2D eigenvalue weighted by molar-refractivity contribution is 9.10. The highest BCUT2D eigenvalue weighted by Gasteiger charge is 2.09. The van der Waals surface area contributed by atoms with Crippen LogP contribution in [0.1, 0.15) is 17.2 Å². The Bertz CT molecular complexity index is 567. The summed E-state index contributed by atoms with van der Waals surface area (Å²) in [6, 6.07) is 14.2. The first kappa shape index (κ1) is 13.7. The molecule has 2 aromatic rings. The quantitative estimate of drug-likeness (QED) is 0.691. The van der Waals surface area contributed by atoms with Gasteiger partial charge < -0.3 is 5.73 Å². The molecule has 4 nitrogen and oxygen atoms in total. The van der Waals surface area contributed by atoms with E-state index in [0.29, 0.717) is 6.42 Å². The van der Waals surface area contributed by atoms with E-state index in [9.17, 15) is 10.1 Å². The number of non-ortho nitro benzene ring substituents is 1. The lowest BCUT2D eigenvalue weighted by molar-refractivity contribution is -0.384. The van der Waals surface area contributed by atoms with Gasteiger partial charge in [-0.3, -0.25) is 10.1 Å². The summed E-state index contributed by atoms with van der Waals surface area (Å²) >= 11 is 3.38.